The molecule has 2 rings (SSSR count). The van der Waals surface area contributed by atoms with E-state index in [1.807, 2.05) is 12.5 Å². The second kappa shape index (κ2) is 14.6. The second-order valence-corrected chi connectivity index (χ2v) is 8.79. The lowest BCUT2D eigenvalue weighted by Gasteiger charge is -2.13. The number of unbranched alkanes of at least 4 members (excludes halogenated alkanes) is 1. The van der Waals surface area contributed by atoms with Crippen LogP contribution in [0.15, 0.2) is 23.7 Å². The minimum absolute atomic E-state index is 0.0128. The van der Waals surface area contributed by atoms with Crippen LogP contribution in [0.25, 0.3) is 0 Å². The summed E-state index contributed by atoms with van der Waals surface area (Å²) in [7, 11) is 0. The van der Waals surface area contributed by atoms with Crippen molar-refractivity contribution in [2.45, 2.75) is 77.2 Å². The Morgan fingerprint density at radius 2 is 2.03 bits per heavy atom. The highest BCUT2D eigenvalue weighted by molar-refractivity contribution is 7.98. The van der Waals surface area contributed by atoms with Crippen LogP contribution in [0.3, 0.4) is 0 Å². The molecule has 0 aliphatic rings. The summed E-state index contributed by atoms with van der Waals surface area (Å²) in [5.41, 5.74) is 1.53. The minimum Gasteiger partial charge on any atom is -0.378 e. The molecule has 0 aliphatic carbocycles. The minimum atomic E-state index is -0.0128. The molecule has 174 valence electrons. The van der Waals surface area contributed by atoms with E-state index in [-0.39, 0.29) is 12.0 Å². The van der Waals surface area contributed by atoms with Crippen LogP contribution in [0, 0.1) is 17.8 Å². The summed E-state index contributed by atoms with van der Waals surface area (Å²) < 4.78 is 7.61. The fraction of sp³-hybridized carbons (Fsp3) is 0.609. The van der Waals surface area contributed by atoms with Gasteiger partial charge in [0.1, 0.15) is 5.69 Å². The Bertz CT molecular complexity index is 873. The van der Waals surface area contributed by atoms with Crippen molar-refractivity contribution in [3.8, 4) is 11.8 Å². The van der Waals surface area contributed by atoms with Gasteiger partial charge in [0.05, 0.1) is 24.4 Å². The van der Waals surface area contributed by atoms with Crippen LogP contribution in [0.4, 0.5) is 0 Å². The molecule has 9 heteroatoms. The van der Waals surface area contributed by atoms with E-state index < -0.39 is 0 Å². The molecule has 32 heavy (non-hydrogen) atoms. The Labute approximate surface area is 195 Å². The highest BCUT2D eigenvalue weighted by Crippen LogP contribution is 2.07. The number of carbonyl (C=O) groups excluding carboxylic acids is 1. The lowest BCUT2D eigenvalue weighted by atomic mass is 10.1. The third-order valence-electron chi connectivity index (χ3n) is 4.66. The zero-order valence-corrected chi connectivity index (χ0v) is 20.3. The molecule has 0 aromatic carbocycles. The number of aryl methyl sites for hydroxylation is 1. The number of hydrogen-bond donors (Lipinski definition) is 1. The molecule has 1 N–H and O–H groups in total. The van der Waals surface area contributed by atoms with Gasteiger partial charge in [-0.05, 0) is 38.4 Å². The van der Waals surface area contributed by atoms with E-state index in [0.717, 1.165) is 42.4 Å². The van der Waals surface area contributed by atoms with Gasteiger partial charge >= 0.3 is 0 Å². The van der Waals surface area contributed by atoms with Gasteiger partial charge in [0.25, 0.3) is 0 Å². The first kappa shape index (κ1) is 25.8. The topological polar surface area (TPSA) is 94.8 Å². The van der Waals surface area contributed by atoms with Gasteiger partial charge in [-0.3, -0.25) is 9.48 Å². The normalized spacial score (nSPS) is 11.8. The molecule has 0 aliphatic heterocycles. The second-order valence-electron chi connectivity index (χ2n) is 8.02. The average Bonchev–Trinajstić information content (AvgIpc) is 3.24. The zero-order chi connectivity index (χ0) is 23.2. The maximum atomic E-state index is 12.0. The van der Waals surface area contributed by atoms with E-state index in [9.17, 15) is 4.79 Å². The smallest absolute Gasteiger partial charge is 0.220 e. The maximum Gasteiger partial charge on any atom is 0.220 e. The molecule has 1 amide bonds. The summed E-state index contributed by atoms with van der Waals surface area (Å²) in [5, 5.41) is 11.9. The van der Waals surface area contributed by atoms with Crippen LogP contribution in [-0.2, 0) is 22.6 Å². The number of hydrogen-bond acceptors (Lipinski definition) is 7. The first-order valence-electron chi connectivity index (χ1n) is 11.1. The summed E-state index contributed by atoms with van der Waals surface area (Å²) in [5.74, 6) is 6.72. The number of ether oxygens (including phenoxy) is 1. The molecule has 1 atom stereocenters. The third kappa shape index (κ3) is 10.7. The van der Waals surface area contributed by atoms with Crippen molar-refractivity contribution in [3.63, 3.8) is 0 Å². The molecule has 2 aromatic rings. The van der Waals surface area contributed by atoms with Crippen molar-refractivity contribution in [1.29, 1.82) is 0 Å². The fourth-order valence-electron chi connectivity index (χ4n) is 2.70. The summed E-state index contributed by atoms with van der Waals surface area (Å²) in [6.07, 6.45) is 11.1. The highest BCUT2D eigenvalue weighted by atomic mass is 32.2. The van der Waals surface area contributed by atoms with Crippen molar-refractivity contribution >= 4 is 17.7 Å². The van der Waals surface area contributed by atoms with Crippen LogP contribution in [0.1, 0.15) is 64.1 Å². The number of aromatic nitrogens is 5. The Hall–Kier alpha value is -2.44. The lowest BCUT2D eigenvalue weighted by molar-refractivity contribution is -0.121. The first-order valence-corrected chi connectivity index (χ1v) is 12.3. The zero-order valence-electron chi connectivity index (χ0n) is 19.5. The highest BCUT2D eigenvalue weighted by Gasteiger charge is 2.07. The summed E-state index contributed by atoms with van der Waals surface area (Å²) in [4.78, 5) is 20.4. The molecule has 0 spiro atoms. The van der Waals surface area contributed by atoms with E-state index in [2.05, 4.69) is 58.2 Å². The third-order valence-corrected chi connectivity index (χ3v) is 5.24. The van der Waals surface area contributed by atoms with Gasteiger partial charge in [-0.1, -0.05) is 42.7 Å². The number of carbonyl (C=O) groups is 1. The molecule has 0 fully saturated rings. The number of thioether (sulfide) groups is 1. The Morgan fingerprint density at radius 1 is 1.25 bits per heavy atom. The van der Waals surface area contributed by atoms with Crippen molar-refractivity contribution < 1.29 is 9.53 Å². The van der Waals surface area contributed by atoms with Gasteiger partial charge < -0.3 is 10.1 Å². The van der Waals surface area contributed by atoms with Crippen molar-refractivity contribution in [2.75, 3.05) is 12.9 Å². The SMILES string of the molecule is CSc1ncc(C#CCCCC(=O)NCc2cn(CCC(C)OCCC(C)C)nn2)cn1. The van der Waals surface area contributed by atoms with Crippen molar-refractivity contribution in [3.05, 3.63) is 29.8 Å². The number of rotatable bonds is 13. The molecule has 2 heterocycles. The van der Waals surface area contributed by atoms with E-state index in [4.69, 9.17) is 4.74 Å². The van der Waals surface area contributed by atoms with Gasteiger partial charge in [0, 0.05) is 38.4 Å². The number of amides is 1. The molecular formula is C23H34N6O2S. The molecular weight excluding hydrogens is 424 g/mol. The summed E-state index contributed by atoms with van der Waals surface area (Å²) in [6, 6.07) is 0. The monoisotopic (exact) mass is 458 g/mol. The van der Waals surface area contributed by atoms with Gasteiger partial charge in [0.2, 0.25) is 5.91 Å². The summed E-state index contributed by atoms with van der Waals surface area (Å²) in [6.45, 7) is 8.38. The molecule has 8 nitrogen and oxygen atoms in total. The standard InChI is InChI=1S/C23H34N6O2S/c1-18(2)11-13-31-19(3)10-12-29-17-21(27-28-29)16-24-22(30)9-7-5-6-8-20-14-25-23(32-4)26-15-20/h14-15,17-19H,5,7,9-13,16H2,1-4H3,(H,24,30). The predicted octanol–water partition coefficient (Wildman–Crippen LogP) is 3.47. The van der Waals surface area contributed by atoms with Crippen LogP contribution < -0.4 is 5.32 Å². The lowest BCUT2D eigenvalue weighted by Crippen LogP contribution is -2.22. The number of nitrogens with zero attached hydrogens (tertiary/aromatic N) is 5. The van der Waals surface area contributed by atoms with Crippen molar-refractivity contribution in [2.24, 2.45) is 5.92 Å². The van der Waals surface area contributed by atoms with Gasteiger partial charge in [0.15, 0.2) is 5.16 Å². The Morgan fingerprint density at radius 3 is 2.75 bits per heavy atom. The largest absolute Gasteiger partial charge is 0.378 e. The first-order chi connectivity index (χ1) is 15.5. The van der Waals surface area contributed by atoms with Gasteiger partial charge in [-0.25, -0.2) is 9.97 Å². The maximum absolute atomic E-state index is 12.0. The molecule has 0 saturated carbocycles. The quantitative estimate of drug-likeness (QED) is 0.212. The van der Waals surface area contributed by atoms with E-state index >= 15 is 0 Å². The van der Waals surface area contributed by atoms with Gasteiger partial charge in [-0.2, -0.15) is 0 Å². The molecule has 0 radical (unpaired) electrons. The molecule has 0 bridgehead atoms. The van der Waals surface area contributed by atoms with Crippen LogP contribution in [-0.4, -0.2) is 49.8 Å². The summed E-state index contributed by atoms with van der Waals surface area (Å²) >= 11 is 1.49. The van der Waals surface area contributed by atoms with E-state index in [0.29, 0.717) is 31.7 Å². The molecule has 2 aromatic heterocycles. The molecule has 1 unspecified atom stereocenters. The van der Waals surface area contributed by atoms with E-state index in [1.54, 1.807) is 17.1 Å². The van der Waals surface area contributed by atoms with E-state index in [1.165, 1.54) is 11.8 Å². The van der Waals surface area contributed by atoms with Crippen molar-refractivity contribution in [1.82, 2.24) is 30.3 Å². The van der Waals surface area contributed by atoms with Crippen LogP contribution in [0.5, 0.6) is 0 Å². The van der Waals surface area contributed by atoms with Crippen LogP contribution >= 0.6 is 11.8 Å². The molecule has 0 saturated heterocycles. The van der Waals surface area contributed by atoms with Gasteiger partial charge in [-0.15, -0.1) is 5.10 Å². The predicted molar refractivity (Wildman–Crippen MR) is 126 cm³/mol. The Kier molecular flexibility index (Phi) is 11.8. The average molecular weight is 459 g/mol. The fourth-order valence-corrected chi connectivity index (χ4v) is 3.01. The Balaban J connectivity index is 1.59. The number of nitrogens with one attached hydrogen (secondary N) is 1. The van der Waals surface area contributed by atoms with Crippen LogP contribution in [0.2, 0.25) is 0 Å².